The Hall–Kier alpha value is -0.700. The number of Topliss-reactive ketones (excluding diaryl/α,β-unsaturated/α-hetero) is 2. The summed E-state index contributed by atoms with van der Waals surface area (Å²) in [6.07, 6.45) is 1.45. The number of nitrogens with two attached hydrogens (primary N) is 1. The topological polar surface area (TPSA) is 60.2 Å². The van der Waals surface area contributed by atoms with Crippen molar-refractivity contribution in [1.29, 1.82) is 0 Å². The summed E-state index contributed by atoms with van der Waals surface area (Å²) in [6, 6.07) is -0.463. The van der Waals surface area contributed by atoms with E-state index in [9.17, 15) is 9.59 Å². The minimum Gasteiger partial charge on any atom is -0.321 e. The van der Waals surface area contributed by atoms with Gasteiger partial charge in [-0.25, -0.2) is 0 Å². The van der Waals surface area contributed by atoms with Crippen LogP contribution >= 0.6 is 0 Å². The summed E-state index contributed by atoms with van der Waals surface area (Å²) in [5, 5.41) is 0. The first-order valence-corrected chi connectivity index (χ1v) is 4.80. The lowest BCUT2D eigenvalue weighted by molar-refractivity contribution is -0.123. The average Bonchev–Trinajstić information content (AvgIpc) is 2.11. The molecule has 0 radical (unpaired) electrons. The van der Waals surface area contributed by atoms with E-state index in [0.717, 1.165) is 0 Å². The Morgan fingerprint density at radius 1 is 1.31 bits per heavy atom. The van der Waals surface area contributed by atoms with Crippen LogP contribution in [0.15, 0.2) is 0 Å². The van der Waals surface area contributed by atoms with Gasteiger partial charge in [0.2, 0.25) is 0 Å². The molecule has 0 aliphatic carbocycles. The minimum atomic E-state index is -0.463. The second-order valence-corrected chi connectivity index (χ2v) is 3.59. The van der Waals surface area contributed by atoms with Crippen LogP contribution in [0.1, 0.15) is 40.0 Å². The summed E-state index contributed by atoms with van der Waals surface area (Å²) in [6.45, 7) is 5.46. The van der Waals surface area contributed by atoms with Crippen LogP contribution in [-0.2, 0) is 9.59 Å². The van der Waals surface area contributed by atoms with Gasteiger partial charge in [-0.1, -0.05) is 20.8 Å². The lowest BCUT2D eigenvalue weighted by Crippen LogP contribution is -2.34. The molecule has 3 heteroatoms. The van der Waals surface area contributed by atoms with Crippen LogP contribution in [-0.4, -0.2) is 17.6 Å². The van der Waals surface area contributed by atoms with E-state index in [2.05, 4.69) is 0 Å². The van der Waals surface area contributed by atoms with Gasteiger partial charge >= 0.3 is 0 Å². The first kappa shape index (κ1) is 12.3. The summed E-state index contributed by atoms with van der Waals surface area (Å²) < 4.78 is 0. The molecule has 13 heavy (non-hydrogen) atoms. The molecule has 1 unspecified atom stereocenters. The fourth-order valence-electron chi connectivity index (χ4n) is 1.06. The third-order valence-corrected chi connectivity index (χ3v) is 2.06. The van der Waals surface area contributed by atoms with Crippen molar-refractivity contribution in [2.24, 2.45) is 11.7 Å². The zero-order valence-electron chi connectivity index (χ0n) is 8.67. The first-order valence-electron chi connectivity index (χ1n) is 4.80. The predicted octanol–water partition coefficient (Wildman–Crippen LogP) is 1.30. The summed E-state index contributed by atoms with van der Waals surface area (Å²) in [4.78, 5) is 22.2. The minimum absolute atomic E-state index is 0.0354. The molecule has 0 heterocycles. The van der Waals surface area contributed by atoms with Gasteiger partial charge in [0.1, 0.15) is 5.78 Å². The van der Waals surface area contributed by atoms with Gasteiger partial charge in [0.15, 0.2) is 5.78 Å². The van der Waals surface area contributed by atoms with Crippen molar-refractivity contribution in [1.82, 2.24) is 0 Å². The van der Waals surface area contributed by atoms with Gasteiger partial charge in [0.05, 0.1) is 6.04 Å². The third-order valence-electron chi connectivity index (χ3n) is 2.06. The number of hydrogen-bond acceptors (Lipinski definition) is 3. The Labute approximate surface area is 79.7 Å². The zero-order chi connectivity index (χ0) is 10.4. The molecule has 0 aliphatic heterocycles. The van der Waals surface area contributed by atoms with Crippen LogP contribution in [0.25, 0.3) is 0 Å². The average molecular weight is 185 g/mol. The Morgan fingerprint density at radius 3 is 2.23 bits per heavy atom. The smallest absolute Gasteiger partial charge is 0.152 e. The molecule has 0 rings (SSSR count). The number of carbonyl (C=O) groups is 2. The zero-order valence-corrected chi connectivity index (χ0v) is 8.67. The highest BCUT2D eigenvalue weighted by Gasteiger charge is 2.17. The molecular formula is C10H19NO2. The Bertz CT molecular complexity index is 187. The molecule has 76 valence electrons. The molecule has 0 aromatic rings. The van der Waals surface area contributed by atoms with E-state index in [0.29, 0.717) is 19.3 Å². The molecule has 0 aromatic carbocycles. The van der Waals surface area contributed by atoms with E-state index in [1.54, 1.807) is 0 Å². The van der Waals surface area contributed by atoms with E-state index in [4.69, 9.17) is 5.73 Å². The highest BCUT2D eigenvalue weighted by molar-refractivity contribution is 5.86. The molecule has 0 aromatic heterocycles. The van der Waals surface area contributed by atoms with Crippen molar-refractivity contribution in [3.05, 3.63) is 0 Å². The van der Waals surface area contributed by atoms with E-state index < -0.39 is 6.04 Å². The molecule has 1 atom stereocenters. The van der Waals surface area contributed by atoms with Crippen molar-refractivity contribution in [3.8, 4) is 0 Å². The molecule has 3 nitrogen and oxygen atoms in total. The van der Waals surface area contributed by atoms with Crippen molar-refractivity contribution in [2.45, 2.75) is 46.1 Å². The number of carbonyl (C=O) groups excluding carboxylic acids is 2. The maximum absolute atomic E-state index is 11.3. The first-order chi connectivity index (χ1) is 5.99. The van der Waals surface area contributed by atoms with Gasteiger partial charge in [-0.2, -0.15) is 0 Å². The van der Waals surface area contributed by atoms with Crippen LogP contribution in [0.2, 0.25) is 0 Å². The molecule has 2 N–H and O–H groups in total. The van der Waals surface area contributed by atoms with Gasteiger partial charge < -0.3 is 5.73 Å². The standard InChI is InChI=1S/C10H19NO2/c1-4-8(12)5-6-9(11)10(13)7(2)3/h7,9H,4-6,11H2,1-3H3. The Morgan fingerprint density at radius 2 is 1.85 bits per heavy atom. The van der Waals surface area contributed by atoms with E-state index in [1.165, 1.54) is 0 Å². The summed E-state index contributed by atoms with van der Waals surface area (Å²) in [5.74, 6) is 0.183. The predicted molar refractivity (Wildman–Crippen MR) is 52.4 cm³/mol. The number of hydrogen-bond donors (Lipinski definition) is 1. The van der Waals surface area contributed by atoms with E-state index in [1.807, 2.05) is 20.8 Å². The summed E-state index contributed by atoms with van der Waals surface area (Å²) >= 11 is 0. The van der Waals surface area contributed by atoms with Crippen LogP contribution in [0.4, 0.5) is 0 Å². The third kappa shape index (κ3) is 4.78. The number of ketones is 2. The molecular weight excluding hydrogens is 166 g/mol. The van der Waals surface area contributed by atoms with Crippen LogP contribution < -0.4 is 5.73 Å². The maximum Gasteiger partial charge on any atom is 0.152 e. The normalized spacial score (nSPS) is 13.0. The van der Waals surface area contributed by atoms with Gasteiger partial charge in [0, 0.05) is 18.8 Å². The van der Waals surface area contributed by atoms with Gasteiger partial charge in [-0.05, 0) is 6.42 Å². The van der Waals surface area contributed by atoms with Crippen LogP contribution in [0.3, 0.4) is 0 Å². The van der Waals surface area contributed by atoms with Crippen LogP contribution in [0, 0.1) is 5.92 Å². The molecule has 0 saturated carbocycles. The monoisotopic (exact) mass is 185 g/mol. The second kappa shape index (κ2) is 5.86. The highest BCUT2D eigenvalue weighted by atomic mass is 16.1. The quantitative estimate of drug-likeness (QED) is 0.678. The second-order valence-electron chi connectivity index (χ2n) is 3.59. The van der Waals surface area contributed by atoms with E-state index >= 15 is 0 Å². The van der Waals surface area contributed by atoms with Crippen molar-refractivity contribution >= 4 is 11.6 Å². The lowest BCUT2D eigenvalue weighted by Gasteiger charge is -2.11. The maximum atomic E-state index is 11.3. The van der Waals surface area contributed by atoms with Gasteiger partial charge in [-0.15, -0.1) is 0 Å². The molecule has 0 amide bonds. The van der Waals surface area contributed by atoms with Gasteiger partial charge in [-0.3, -0.25) is 9.59 Å². The molecule has 0 bridgehead atoms. The summed E-state index contributed by atoms with van der Waals surface area (Å²) in [7, 11) is 0. The van der Waals surface area contributed by atoms with Crippen molar-refractivity contribution in [3.63, 3.8) is 0 Å². The largest absolute Gasteiger partial charge is 0.321 e. The molecule has 0 spiro atoms. The van der Waals surface area contributed by atoms with E-state index in [-0.39, 0.29) is 17.5 Å². The fraction of sp³-hybridized carbons (Fsp3) is 0.800. The molecule has 0 aliphatic rings. The molecule has 0 saturated heterocycles. The van der Waals surface area contributed by atoms with Crippen molar-refractivity contribution < 1.29 is 9.59 Å². The number of rotatable bonds is 6. The van der Waals surface area contributed by atoms with Crippen molar-refractivity contribution in [2.75, 3.05) is 0 Å². The lowest BCUT2D eigenvalue weighted by atomic mass is 9.97. The SMILES string of the molecule is CCC(=O)CCC(N)C(=O)C(C)C. The molecule has 0 fully saturated rings. The van der Waals surface area contributed by atoms with Gasteiger partial charge in [0.25, 0.3) is 0 Å². The Kier molecular flexibility index (Phi) is 5.55. The van der Waals surface area contributed by atoms with Crippen LogP contribution in [0.5, 0.6) is 0 Å². The summed E-state index contributed by atoms with van der Waals surface area (Å²) in [5.41, 5.74) is 5.62. The Balaban J connectivity index is 3.81. The fourth-order valence-corrected chi connectivity index (χ4v) is 1.06. The highest BCUT2D eigenvalue weighted by Crippen LogP contribution is 2.04.